The molecule has 0 aliphatic heterocycles. The molecule has 0 spiro atoms. The highest BCUT2D eigenvalue weighted by Gasteiger charge is 2.31. The second-order valence-corrected chi connectivity index (χ2v) is 7.07. The van der Waals surface area contributed by atoms with Gasteiger partial charge in [0.25, 0.3) is 5.89 Å². The molecule has 2 aromatic rings. The predicted octanol–water partition coefficient (Wildman–Crippen LogP) is 3.30. The maximum atomic E-state index is 6.25. The molecular formula is C13H16BrN3O2S. The summed E-state index contributed by atoms with van der Waals surface area (Å²) < 4.78 is 12.0. The number of rotatable bonds is 5. The largest absolute Gasteiger partial charge is 0.376 e. The number of ether oxygens (including phenoxy) is 1. The van der Waals surface area contributed by atoms with Gasteiger partial charge < -0.3 is 15.0 Å². The zero-order valence-corrected chi connectivity index (χ0v) is 13.5. The van der Waals surface area contributed by atoms with Crippen LogP contribution in [0.25, 0.3) is 10.8 Å². The van der Waals surface area contributed by atoms with Crippen LogP contribution in [0.3, 0.4) is 0 Å². The Balaban J connectivity index is 1.73. The Kier molecular flexibility index (Phi) is 3.94. The lowest BCUT2D eigenvalue weighted by atomic mass is 9.95. The lowest BCUT2D eigenvalue weighted by Crippen LogP contribution is -2.41. The van der Waals surface area contributed by atoms with E-state index in [2.05, 4.69) is 26.1 Å². The van der Waals surface area contributed by atoms with Crippen LogP contribution in [-0.2, 0) is 10.3 Å². The van der Waals surface area contributed by atoms with E-state index < -0.39 is 5.54 Å². The van der Waals surface area contributed by atoms with Crippen LogP contribution in [-0.4, -0.2) is 22.9 Å². The van der Waals surface area contributed by atoms with Gasteiger partial charge in [0.1, 0.15) is 10.4 Å². The molecule has 20 heavy (non-hydrogen) atoms. The van der Waals surface area contributed by atoms with E-state index in [4.69, 9.17) is 15.0 Å². The Bertz CT molecular complexity index is 592. The van der Waals surface area contributed by atoms with Crippen molar-refractivity contribution in [2.75, 3.05) is 6.61 Å². The molecule has 0 amide bonds. The van der Waals surface area contributed by atoms with E-state index >= 15 is 0 Å². The van der Waals surface area contributed by atoms with Crippen molar-refractivity contribution in [3.63, 3.8) is 0 Å². The second kappa shape index (κ2) is 5.55. The monoisotopic (exact) mass is 357 g/mol. The quantitative estimate of drug-likeness (QED) is 0.888. The van der Waals surface area contributed by atoms with Crippen LogP contribution in [0.2, 0.25) is 0 Å². The van der Waals surface area contributed by atoms with Crippen LogP contribution in [0.1, 0.15) is 32.0 Å². The molecule has 2 N–H and O–H groups in total. The average molecular weight is 358 g/mol. The molecule has 1 atom stereocenters. The highest BCUT2D eigenvalue weighted by atomic mass is 79.9. The van der Waals surface area contributed by atoms with Crippen LogP contribution < -0.4 is 5.73 Å². The van der Waals surface area contributed by atoms with Crippen molar-refractivity contribution in [2.24, 2.45) is 5.73 Å². The summed E-state index contributed by atoms with van der Waals surface area (Å²) in [7, 11) is 0. The molecule has 2 aromatic heterocycles. The summed E-state index contributed by atoms with van der Waals surface area (Å²) in [6.07, 6.45) is 3.83. The third kappa shape index (κ3) is 2.81. The minimum Gasteiger partial charge on any atom is -0.376 e. The van der Waals surface area contributed by atoms with E-state index in [9.17, 15) is 0 Å². The van der Waals surface area contributed by atoms with E-state index in [1.165, 1.54) is 6.42 Å². The minimum absolute atomic E-state index is 0.343. The number of nitrogens with zero attached hydrogens (tertiary/aromatic N) is 2. The maximum Gasteiger partial charge on any atom is 0.269 e. The first-order valence-electron chi connectivity index (χ1n) is 6.54. The van der Waals surface area contributed by atoms with E-state index in [0.717, 1.165) is 22.2 Å². The first kappa shape index (κ1) is 14.2. The van der Waals surface area contributed by atoms with Gasteiger partial charge in [-0.05, 0) is 53.6 Å². The Labute approximate surface area is 129 Å². The van der Waals surface area contributed by atoms with Crippen molar-refractivity contribution in [3.8, 4) is 10.8 Å². The molecule has 1 unspecified atom stereocenters. The van der Waals surface area contributed by atoms with Crippen LogP contribution in [0, 0.1) is 0 Å². The molecular weight excluding hydrogens is 342 g/mol. The molecule has 3 rings (SSSR count). The van der Waals surface area contributed by atoms with E-state index in [1.807, 2.05) is 18.4 Å². The average Bonchev–Trinajstić information content (AvgIpc) is 2.94. The van der Waals surface area contributed by atoms with Gasteiger partial charge in [-0.25, -0.2) is 0 Å². The molecule has 0 bridgehead atoms. The zero-order valence-electron chi connectivity index (χ0n) is 11.1. The fraction of sp³-hybridized carbons (Fsp3) is 0.538. The van der Waals surface area contributed by atoms with Crippen LogP contribution >= 0.6 is 27.3 Å². The van der Waals surface area contributed by atoms with Gasteiger partial charge in [-0.2, -0.15) is 4.98 Å². The van der Waals surface area contributed by atoms with E-state index in [0.29, 0.717) is 24.4 Å². The number of aromatic nitrogens is 2. The zero-order chi connectivity index (χ0) is 14.2. The normalized spacial score (nSPS) is 18.8. The Morgan fingerprint density at radius 3 is 3.00 bits per heavy atom. The molecule has 1 saturated carbocycles. The summed E-state index contributed by atoms with van der Waals surface area (Å²) in [5, 5.41) is 5.96. The summed E-state index contributed by atoms with van der Waals surface area (Å²) in [6, 6.07) is 1.95. The third-order valence-electron chi connectivity index (χ3n) is 3.42. The first-order valence-corrected chi connectivity index (χ1v) is 8.21. The summed E-state index contributed by atoms with van der Waals surface area (Å²) in [4.78, 5) is 5.32. The smallest absolute Gasteiger partial charge is 0.269 e. The molecule has 5 nitrogen and oxygen atoms in total. The van der Waals surface area contributed by atoms with Crippen LogP contribution in [0.15, 0.2) is 20.4 Å². The van der Waals surface area contributed by atoms with Gasteiger partial charge >= 0.3 is 0 Å². The number of hydrogen-bond donors (Lipinski definition) is 1. The topological polar surface area (TPSA) is 74.2 Å². The molecule has 7 heteroatoms. The molecule has 1 aliphatic rings. The predicted molar refractivity (Wildman–Crippen MR) is 80.4 cm³/mol. The molecule has 0 saturated heterocycles. The van der Waals surface area contributed by atoms with Crippen molar-refractivity contribution < 1.29 is 9.26 Å². The molecule has 108 valence electrons. The molecule has 2 heterocycles. The lowest BCUT2D eigenvalue weighted by molar-refractivity contribution is -0.0222. The summed E-state index contributed by atoms with van der Waals surface area (Å²) in [6.45, 7) is 2.27. The molecule has 0 aromatic carbocycles. The van der Waals surface area contributed by atoms with Gasteiger partial charge in [0.05, 0.1) is 12.7 Å². The fourth-order valence-electron chi connectivity index (χ4n) is 1.89. The second-order valence-electron chi connectivity index (χ2n) is 5.30. The van der Waals surface area contributed by atoms with Crippen molar-refractivity contribution in [3.05, 3.63) is 21.7 Å². The number of thiophene rings is 1. The van der Waals surface area contributed by atoms with Gasteiger partial charge in [0, 0.05) is 4.47 Å². The van der Waals surface area contributed by atoms with Gasteiger partial charge in [-0.1, -0.05) is 5.16 Å². The van der Waals surface area contributed by atoms with Crippen LogP contribution in [0.5, 0.6) is 0 Å². The Morgan fingerprint density at radius 2 is 2.40 bits per heavy atom. The fourth-order valence-corrected chi connectivity index (χ4v) is 3.35. The SMILES string of the molecule is CC(N)(COC1CCC1)c1noc(-c2sccc2Br)n1. The van der Waals surface area contributed by atoms with Crippen molar-refractivity contribution in [1.29, 1.82) is 0 Å². The number of nitrogens with two attached hydrogens (primary N) is 1. The standard InChI is InChI=1S/C13H16BrN3O2S/c1-13(15,7-18-8-3-2-4-8)12-16-11(19-17-12)10-9(14)5-6-20-10/h5-6,8H,2-4,7,15H2,1H3. The highest BCUT2D eigenvalue weighted by molar-refractivity contribution is 9.10. The maximum absolute atomic E-state index is 6.25. The van der Waals surface area contributed by atoms with Gasteiger partial charge in [0.15, 0.2) is 5.82 Å². The molecule has 1 aliphatic carbocycles. The van der Waals surface area contributed by atoms with E-state index in [-0.39, 0.29) is 0 Å². The van der Waals surface area contributed by atoms with Gasteiger partial charge in [-0.15, -0.1) is 11.3 Å². The number of hydrogen-bond acceptors (Lipinski definition) is 6. The third-order valence-corrected chi connectivity index (χ3v) is 5.25. The molecule has 0 radical (unpaired) electrons. The van der Waals surface area contributed by atoms with E-state index in [1.54, 1.807) is 11.3 Å². The van der Waals surface area contributed by atoms with Crippen molar-refractivity contribution in [2.45, 2.75) is 37.8 Å². The summed E-state index contributed by atoms with van der Waals surface area (Å²) in [5.41, 5.74) is 5.52. The van der Waals surface area contributed by atoms with Gasteiger partial charge in [-0.3, -0.25) is 0 Å². The Hall–Kier alpha value is -0.760. The lowest BCUT2D eigenvalue weighted by Gasteiger charge is -2.29. The summed E-state index contributed by atoms with van der Waals surface area (Å²) >= 11 is 5.00. The van der Waals surface area contributed by atoms with Crippen molar-refractivity contribution >= 4 is 27.3 Å². The number of halogens is 1. The van der Waals surface area contributed by atoms with Gasteiger partial charge in [0.2, 0.25) is 0 Å². The first-order chi connectivity index (χ1) is 9.56. The van der Waals surface area contributed by atoms with Crippen molar-refractivity contribution in [1.82, 2.24) is 10.1 Å². The highest BCUT2D eigenvalue weighted by Crippen LogP contribution is 2.33. The summed E-state index contributed by atoms with van der Waals surface area (Å²) in [5.74, 6) is 0.967. The molecule has 1 fully saturated rings. The Morgan fingerprint density at radius 1 is 1.60 bits per heavy atom. The minimum atomic E-state index is -0.735. The van der Waals surface area contributed by atoms with Crippen LogP contribution in [0.4, 0.5) is 0 Å².